The molecule has 1 aliphatic heterocycles. The second kappa shape index (κ2) is 11.5. The molecule has 0 saturated carbocycles. The number of carbonyl (C=O) groups is 1. The molecule has 0 unspecified atom stereocenters. The summed E-state index contributed by atoms with van der Waals surface area (Å²) >= 11 is 1.31. The first kappa shape index (κ1) is 27.3. The number of carbonyl (C=O) groups excluding carboxylic acids is 1. The van der Waals surface area contributed by atoms with Crippen molar-refractivity contribution in [3.8, 4) is 5.75 Å². The summed E-state index contributed by atoms with van der Waals surface area (Å²) in [7, 11) is 1.63. The van der Waals surface area contributed by atoms with E-state index in [1.54, 1.807) is 18.6 Å². The Kier molecular flexibility index (Phi) is 7.85. The maximum absolute atomic E-state index is 14.0. The Hall–Kier alpha value is -4.23. The van der Waals surface area contributed by atoms with Gasteiger partial charge in [-0.25, -0.2) is 9.79 Å². The largest absolute Gasteiger partial charge is 0.496 e. The lowest BCUT2D eigenvalue weighted by Crippen LogP contribution is -2.40. The molecule has 0 amide bonds. The zero-order chi connectivity index (χ0) is 28.4. The van der Waals surface area contributed by atoms with Crippen LogP contribution in [0, 0.1) is 6.92 Å². The number of rotatable bonds is 7. The van der Waals surface area contributed by atoms with Gasteiger partial charge in [0.05, 0.1) is 35.6 Å². The van der Waals surface area contributed by atoms with Gasteiger partial charge < -0.3 is 9.47 Å². The SMILES string of the molecule is CCOC(=O)C1=C(c2ccccc2)N=c2s/c(=C\c3ccc(C)c(OC)c3)c(=O)n2[C@@H]1c1ccc(C(C)C)cc1. The maximum atomic E-state index is 14.0. The zero-order valence-corrected chi connectivity index (χ0v) is 24.1. The van der Waals surface area contributed by atoms with Crippen molar-refractivity contribution < 1.29 is 14.3 Å². The molecule has 1 aromatic heterocycles. The van der Waals surface area contributed by atoms with Crippen molar-refractivity contribution in [3.05, 3.63) is 126 Å². The lowest BCUT2D eigenvalue weighted by atomic mass is 9.91. The lowest BCUT2D eigenvalue weighted by Gasteiger charge is -2.26. The fourth-order valence-electron chi connectivity index (χ4n) is 4.90. The van der Waals surface area contributed by atoms with Gasteiger partial charge in [0.15, 0.2) is 4.80 Å². The third-order valence-corrected chi connectivity index (χ3v) is 8.01. The first-order chi connectivity index (χ1) is 19.3. The summed E-state index contributed by atoms with van der Waals surface area (Å²) in [5.41, 5.74) is 5.29. The Balaban J connectivity index is 1.80. The average Bonchev–Trinajstić information content (AvgIpc) is 3.28. The third kappa shape index (κ3) is 5.17. The quantitative estimate of drug-likeness (QED) is 0.289. The van der Waals surface area contributed by atoms with E-state index in [1.807, 2.05) is 73.7 Å². The topological polar surface area (TPSA) is 69.9 Å². The maximum Gasteiger partial charge on any atom is 0.338 e. The van der Waals surface area contributed by atoms with E-state index in [2.05, 4.69) is 26.0 Å². The van der Waals surface area contributed by atoms with Gasteiger partial charge in [-0.3, -0.25) is 9.36 Å². The Morgan fingerprint density at radius 2 is 1.80 bits per heavy atom. The molecule has 204 valence electrons. The number of aromatic nitrogens is 1. The van der Waals surface area contributed by atoms with Gasteiger partial charge in [-0.05, 0) is 54.2 Å². The monoisotopic (exact) mass is 552 g/mol. The fourth-order valence-corrected chi connectivity index (χ4v) is 5.90. The van der Waals surface area contributed by atoms with Gasteiger partial charge in [-0.2, -0.15) is 0 Å². The molecule has 0 spiro atoms. The van der Waals surface area contributed by atoms with Crippen molar-refractivity contribution in [1.29, 1.82) is 0 Å². The molecule has 0 saturated heterocycles. The lowest BCUT2D eigenvalue weighted by molar-refractivity contribution is -0.138. The predicted molar refractivity (Wildman–Crippen MR) is 159 cm³/mol. The highest BCUT2D eigenvalue weighted by molar-refractivity contribution is 7.07. The van der Waals surface area contributed by atoms with Crippen molar-refractivity contribution in [3.63, 3.8) is 0 Å². The zero-order valence-electron chi connectivity index (χ0n) is 23.3. The first-order valence-corrected chi connectivity index (χ1v) is 14.2. The molecule has 7 heteroatoms. The van der Waals surface area contributed by atoms with Gasteiger partial charge in [0.25, 0.3) is 5.56 Å². The second-order valence-electron chi connectivity index (χ2n) is 9.98. The minimum atomic E-state index is -0.693. The molecule has 0 radical (unpaired) electrons. The number of hydrogen-bond donors (Lipinski definition) is 0. The van der Waals surface area contributed by atoms with Crippen molar-refractivity contribution in [2.45, 2.75) is 39.7 Å². The molecule has 40 heavy (non-hydrogen) atoms. The van der Waals surface area contributed by atoms with Crippen molar-refractivity contribution >= 4 is 29.1 Å². The van der Waals surface area contributed by atoms with Crippen LogP contribution in [0.2, 0.25) is 0 Å². The number of aryl methyl sites for hydroxylation is 1. The number of methoxy groups -OCH3 is 1. The molecule has 2 heterocycles. The van der Waals surface area contributed by atoms with Crippen LogP contribution in [0.25, 0.3) is 11.8 Å². The second-order valence-corrected chi connectivity index (χ2v) is 11.0. The van der Waals surface area contributed by atoms with E-state index >= 15 is 0 Å². The van der Waals surface area contributed by atoms with E-state index in [0.29, 0.717) is 26.5 Å². The molecule has 0 bridgehead atoms. The number of esters is 1. The van der Waals surface area contributed by atoms with Crippen LogP contribution >= 0.6 is 11.3 Å². The smallest absolute Gasteiger partial charge is 0.338 e. The minimum absolute atomic E-state index is 0.211. The van der Waals surface area contributed by atoms with Gasteiger partial charge in [0.1, 0.15) is 5.75 Å². The molecule has 0 aliphatic carbocycles. The Morgan fingerprint density at radius 1 is 1.07 bits per heavy atom. The van der Waals surface area contributed by atoms with Crippen LogP contribution < -0.4 is 19.6 Å². The van der Waals surface area contributed by atoms with E-state index in [9.17, 15) is 9.59 Å². The Bertz CT molecular complexity index is 1760. The van der Waals surface area contributed by atoms with E-state index < -0.39 is 12.0 Å². The normalized spacial score (nSPS) is 15.2. The molecule has 1 aliphatic rings. The molecule has 6 nitrogen and oxygen atoms in total. The molecule has 5 rings (SSSR count). The number of benzene rings is 3. The molecule has 3 aromatic carbocycles. The van der Waals surface area contributed by atoms with Gasteiger partial charge in [0.2, 0.25) is 0 Å². The summed E-state index contributed by atoms with van der Waals surface area (Å²) in [6.07, 6.45) is 1.85. The number of thiazole rings is 1. The standard InChI is InChI=1S/C33H32N2O4S/c1-6-39-32(37)28-29(24-10-8-7-9-11-24)34-33-35(30(28)25-16-14-23(15-17-25)20(2)3)31(36)27(40-33)19-22-13-12-21(4)26(18-22)38-5/h7-20,30H,6H2,1-5H3/b27-19-/t30-/m1/s1. The van der Waals surface area contributed by atoms with Crippen LogP contribution in [0.3, 0.4) is 0 Å². The predicted octanol–water partition coefficient (Wildman–Crippen LogP) is 5.38. The van der Waals surface area contributed by atoms with Crippen LogP contribution in [-0.4, -0.2) is 24.3 Å². The van der Waals surface area contributed by atoms with Crippen LogP contribution in [-0.2, 0) is 9.53 Å². The van der Waals surface area contributed by atoms with E-state index in [1.165, 1.54) is 16.9 Å². The number of ether oxygens (including phenoxy) is 2. The summed E-state index contributed by atoms with van der Waals surface area (Å²) in [4.78, 5) is 33.1. The summed E-state index contributed by atoms with van der Waals surface area (Å²) < 4.78 is 13.2. The molecule has 0 N–H and O–H groups in total. The van der Waals surface area contributed by atoms with E-state index in [0.717, 1.165) is 28.0 Å². The van der Waals surface area contributed by atoms with Crippen LogP contribution in [0.4, 0.5) is 0 Å². The van der Waals surface area contributed by atoms with Crippen LogP contribution in [0.15, 0.2) is 88.2 Å². The molecular formula is C33H32N2O4S. The molecule has 4 aromatic rings. The highest BCUT2D eigenvalue weighted by Crippen LogP contribution is 2.35. The summed E-state index contributed by atoms with van der Waals surface area (Å²) in [6, 6.07) is 22.8. The van der Waals surface area contributed by atoms with Crippen LogP contribution in [0.1, 0.15) is 60.5 Å². The van der Waals surface area contributed by atoms with Gasteiger partial charge in [-0.15, -0.1) is 0 Å². The number of nitrogens with zero attached hydrogens (tertiary/aromatic N) is 2. The van der Waals surface area contributed by atoms with Gasteiger partial charge in [0, 0.05) is 5.56 Å². The molecular weight excluding hydrogens is 520 g/mol. The molecule has 0 fully saturated rings. The average molecular weight is 553 g/mol. The highest BCUT2D eigenvalue weighted by atomic mass is 32.1. The Morgan fingerprint density at radius 3 is 2.45 bits per heavy atom. The van der Waals surface area contributed by atoms with E-state index in [4.69, 9.17) is 14.5 Å². The minimum Gasteiger partial charge on any atom is -0.496 e. The summed E-state index contributed by atoms with van der Waals surface area (Å²) in [5, 5.41) is 0. The molecule has 1 atom stereocenters. The van der Waals surface area contributed by atoms with Crippen molar-refractivity contribution in [1.82, 2.24) is 4.57 Å². The fraction of sp³-hybridized carbons (Fsp3) is 0.242. The highest BCUT2D eigenvalue weighted by Gasteiger charge is 2.35. The van der Waals surface area contributed by atoms with Gasteiger partial charge >= 0.3 is 5.97 Å². The summed E-state index contributed by atoms with van der Waals surface area (Å²) in [6.45, 7) is 8.23. The van der Waals surface area contributed by atoms with Gasteiger partial charge in [-0.1, -0.05) is 91.9 Å². The third-order valence-electron chi connectivity index (χ3n) is 7.02. The number of hydrogen-bond acceptors (Lipinski definition) is 6. The summed E-state index contributed by atoms with van der Waals surface area (Å²) in [5.74, 6) is 0.615. The van der Waals surface area contributed by atoms with Crippen LogP contribution in [0.5, 0.6) is 5.75 Å². The Labute approximate surface area is 237 Å². The number of fused-ring (bicyclic) bond motifs is 1. The van der Waals surface area contributed by atoms with Crippen molar-refractivity contribution in [2.24, 2.45) is 4.99 Å². The van der Waals surface area contributed by atoms with Crippen molar-refractivity contribution in [2.75, 3.05) is 13.7 Å². The van der Waals surface area contributed by atoms with E-state index in [-0.39, 0.29) is 12.2 Å². The first-order valence-electron chi connectivity index (χ1n) is 13.3.